The highest BCUT2D eigenvalue weighted by atomic mass is 35.5. The SMILES string of the molecule is CC(CNC(=O)C(C)C(C)N)Oc1ccc(F)cc1.Cl. The fraction of sp³-hybridized carbons (Fsp3) is 0.500. The number of rotatable bonds is 6. The van der Waals surface area contributed by atoms with Crippen molar-refractivity contribution in [2.45, 2.75) is 32.9 Å². The van der Waals surface area contributed by atoms with Crippen molar-refractivity contribution in [1.29, 1.82) is 0 Å². The molecule has 0 radical (unpaired) electrons. The number of carbonyl (C=O) groups is 1. The number of ether oxygens (including phenoxy) is 1. The lowest BCUT2D eigenvalue weighted by atomic mass is 10.0. The van der Waals surface area contributed by atoms with E-state index in [9.17, 15) is 9.18 Å². The molecule has 6 heteroatoms. The summed E-state index contributed by atoms with van der Waals surface area (Å²) in [6, 6.07) is 5.59. The van der Waals surface area contributed by atoms with Gasteiger partial charge in [0, 0.05) is 12.0 Å². The van der Waals surface area contributed by atoms with E-state index >= 15 is 0 Å². The van der Waals surface area contributed by atoms with Crippen LogP contribution in [0.5, 0.6) is 5.75 Å². The first kappa shape index (κ1) is 18.7. The summed E-state index contributed by atoms with van der Waals surface area (Å²) < 4.78 is 18.3. The summed E-state index contributed by atoms with van der Waals surface area (Å²) >= 11 is 0. The first-order chi connectivity index (χ1) is 8.90. The van der Waals surface area contributed by atoms with Crippen LogP contribution in [-0.2, 0) is 4.79 Å². The molecule has 114 valence electrons. The van der Waals surface area contributed by atoms with Gasteiger partial charge in [0.05, 0.1) is 6.54 Å². The summed E-state index contributed by atoms with van der Waals surface area (Å²) in [5, 5.41) is 2.78. The van der Waals surface area contributed by atoms with Crippen molar-refractivity contribution in [3.8, 4) is 5.75 Å². The zero-order chi connectivity index (χ0) is 14.4. The quantitative estimate of drug-likeness (QED) is 0.846. The Labute approximate surface area is 125 Å². The molecule has 0 heterocycles. The van der Waals surface area contributed by atoms with Gasteiger partial charge in [-0.25, -0.2) is 4.39 Å². The summed E-state index contributed by atoms with van der Waals surface area (Å²) in [5.74, 6) is -0.0648. The molecule has 0 spiro atoms. The van der Waals surface area contributed by atoms with Crippen LogP contribution in [0, 0.1) is 11.7 Å². The van der Waals surface area contributed by atoms with Gasteiger partial charge in [0.15, 0.2) is 0 Å². The molecule has 0 aliphatic heterocycles. The minimum absolute atomic E-state index is 0. The van der Waals surface area contributed by atoms with Gasteiger partial charge in [-0.05, 0) is 38.1 Å². The van der Waals surface area contributed by atoms with Crippen LogP contribution in [0.3, 0.4) is 0 Å². The van der Waals surface area contributed by atoms with Crippen LogP contribution in [0.2, 0.25) is 0 Å². The summed E-state index contributed by atoms with van der Waals surface area (Å²) in [7, 11) is 0. The molecule has 3 N–H and O–H groups in total. The molecule has 0 aliphatic carbocycles. The summed E-state index contributed by atoms with van der Waals surface area (Å²) in [6.07, 6.45) is -0.199. The smallest absolute Gasteiger partial charge is 0.224 e. The summed E-state index contributed by atoms with van der Waals surface area (Å²) in [4.78, 5) is 11.7. The molecular weight excluding hydrogens is 283 g/mol. The second kappa shape index (κ2) is 8.76. The number of nitrogens with two attached hydrogens (primary N) is 1. The van der Waals surface area contributed by atoms with Gasteiger partial charge in [-0.3, -0.25) is 4.79 Å². The largest absolute Gasteiger partial charge is 0.489 e. The lowest BCUT2D eigenvalue weighted by Gasteiger charge is -2.19. The highest BCUT2D eigenvalue weighted by Crippen LogP contribution is 2.12. The third-order valence-corrected chi connectivity index (χ3v) is 2.92. The lowest BCUT2D eigenvalue weighted by molar-refractivity contribution is -0.125. The van der Waals surface area contributed by atoms with Gasteiger partial charge >= 0.3 is 0 Å². The molecule has 1 aromatic carbocycles. The fourth-order valence-corrected chi connectivity index (χ4v) is 1.43. The van der Waals surface area contributed by atoms with Crippen molar-refractivity contribution in [2.24, 2.45) is 11.7 Å². The molecule has 0 saturated carbocycles. The van der Waals surface area contributed by atoms with Crippen molar-refractivity contribution >= 4 is 18.3 Å². The van der Waals surface area contributed by atoms with Crippen LogP contribution in [0.4, 0.5) is 4.39 Å². The molecule has 0 fully saturated rings. The highest BCUT2D eigenvalue weighted by Gasteiger charge is 2.17. The van der Waals surface area contributed by atoms with E-state index in [1.165, 1.54) is 12.1 Å². The second-order valence-electron chi connectivity index (χ2n) is 4.78. The van der Waals surface area contributed by atoms with E-state index in [0.717, 1.165) is 0 Å². The third-order valence-electron chi connectivity index (χ3n) is 2.92. The van der Waals surface area contributed by atoms with E-state index in [1.54, 1.807) is 26.0 Å². The number of nitrogens with one attached hydrogen (secondary N) is 1. The first-order valence-corrected chi connectivity index (χ1v) is 6.35. The maximum Gasteiger partial charge on any atom is 0.224 e. The van der Waals surface area contributed by atoms with Crippen molar-refractivity contribution in [3.63, 3.8) is 0 Å². The van der Waals surface area contributed by atoms with E-state index < -0.39 is 0 Å². The third kappa shape index (κ3) is 6.21. The summed E-state index contributed by atoms with van der Waals surface area (Å²) in [5.41, 5.74) is 5.65. The molecule has 0 aliphatic rings. The Morgan fingerprint density at radius 2 is 1.85 bits per heavy atom. The minimum atomic E-state index is -0.306. The zero-order valence-electron chi connectivity index (χ0n) is 11.9. The number of hydrogen-bond acceptors (Lipinski definition) is 3. The Hall–Kier alpha value is -1.33. The number of amides is 1. The average molecular weight is 305 g/mol. The monoisotopic (exact) mass is 304 g/mol. The normalized spacial score (nSPS) is 14.7. The number of halogens is 2. The molecule has 0 aromatic heterocycles. The molecule has 1 rings (SSSR count). The van der Waals surface area contributed by atoms with Crippen LogP contribution >= 0.6 is 12.4 Å². The summed E-state index contributed by atoms with van der Waals surface area (Å²) in [6.45, 7) is 5.79. The Morgan fingerprint density at radius 1 is 1.30 bits per heavy atom. The lowest BCUT2D eigenvalue weighted by Crippen LogP contribution is -2.42. The van der Waals surface area contributed by atoms with Gasteiger partial charge < -0.3 is 15.8 Å². The van der Waals surface area contributed by atoms with Crippen LogP contribution in [-0.4, -0.2) is 24.6 Å². The highest BCUT2D eigenvalue weighted by molar-refractivity contribution is 5.85. The molecular formula is C14H22ClFN2O2. The van der Waals surface area contributed by atoms with Crippen LogP contribution in [0.1, 0.15) is 20.8 Å². The predicted octanol–water partition coefficient (Wildman–Crippen LogP) is 2.11. The van der Waals surface area contributed by atoms with Crippen molar-refractivity contribution in [3.05, 3.63) is 30.1 Å². The van der Waals surface area contributed by atoms with E-state index in [2.05, 4.69) is 5.32 Å². The molecule has 0 saturated heterocycles. The van der Waals surface area contributed by atoms with Gasteiger partial charge in [-0.1, -0.05) is 6.92 Å². The van der Waals surface area contributed by atoms with E-state index in [4.69, 9.17) is 10.5 Å². The number of hydrogen-bond donors (Lipinski definition) is 2. The Balaban J connectivity index is 0.00000361. The van der Waals surface area contributed by atoms with Crippen molar-refractivity contribution in [2.75, 3.05) is 6.54 Å². The van der Waals surface area contributed by atoms with Crippen LogP contribution < -0.4 is 15.8 Å². The fourth-order valence-electron chi connectivity index (χ4n) is 1.43. The molecule has 3 atom stereocenters. The van der Waals surface area contributed by atoms with Gasteiger partial charge in [0.25, 0.3) is 0 Å². The molecule has 1 aromatic rings. The van der Waals surface area contributed by atoms with E-state index in [-0.39, 0.29) is 42.2 Å². The van der Waals surface area contributed by atoms with Gasteiger partial charge in [0.2, 0.25) is 5.91 Å². The standard InChI is InChI=1S/C14H21FN2O2.ClH/c1-9(8-17-14(18)10(2)11(3)16)19-13-6-4-12(15)5-7-13;/h4-7,9-11H,8,16H2,1-3H3,(H,17,18);1H. The molecule has 3 unspecified atom stereocenters. The van der Waals surface area contributed by atoms with E-state index in [1.807, 2.05) is 6.92 Å². The van der Waals surface area contributed by atoms with Crippen LogP contribution in [0.15, 0.2) is 24.3 Å². The Bertz CT molecular complexity index is 412. The van der Waals surface area contributed by atoms with Gasteiger partial charge in [-0.2, -0.15) is 0 Å². The molecule has 4 nitrogen and oxygen atoms in total. The van der Waals surface area contributed by atoms with Crippen LogP contribution in [0.25, 0.3) is 0 Å². The van der Waals surface area contributed by atoms with Gasteiger partial charge in [-0.15, -0.1) is 12.4 Å². The molecule has 0 bridgehead atoms. The number of carbonyl (C=O) groups excluding carboxylic acids is 1. The second-order valence-corrected chi connectivity index (χ2v) is 4.78. The zero-order valence-corrected chi connectivity index (χ0v) is 12.7. The minimum Gasteiger partial charge on any atom is -0.489 e. The maximum atomic E-state index is 12.7. The predicted molar refractivity (Wildman–Crippen MR) is 79.6 cm³/mol. The number of benzene rings is 1. The van der Waals surface area contributed by atoms with Crippen molar-refractivity contribution < 1.29 is 13.9 Å². The Kier molecular flexibility index (Phi) is 8.18. The first-order valence-electron chi connectivity index (χ1n) is 6.35. The molecule has 20 heavy (non-hydrogen) atoms. The Morgan fingerprint density at radius 3 is 2.35 bits per heavy atom. The molecule has 1 amide bonds. The average Bonchev–Trinajstić information content (AvgIpc) is 2.37. The van der Waals surface area contributed by atoms with Crippen molar-refractivity contribution in [1.82, 2.24) is 5.32 Å². The topological polar surface area (TPSA) is 64.4 Å². The van der Waals surface area contributed by atoms with E-state index in [0.29, 0.717) is 12.3 Å². The maximum absolute atomic E-state index is 12.7. The van der Waals surface area contributed by atoms with Gasteiger partial charge in [0.1, 0.15) is 17.7 Å².